The van der Waals surface area contributed by atoms with Crippen LogP contribution in [-0.2, 0) is 4.74 Å². The van der Waals surface area contributed by atoms with Crippen LogP contribution in [0.4, 0.5) is 0 Å². The molecule has 0 radical (unpaired) electrons. The predicted molar refractivity (Wildman–Crippen MR) is 40.9 cm³/mol. The number of rotatable bonds is 1. The van der Waals surface area contributed by atoms with Gasteiger partial charge in [-0.1, -0.05) is 0 Å². The number of hydrogen-bond acceptors (Lipinski definition) is 3. The fourth-order valence-corrected chi connectivity index (χ4v) is 1.20. The molecule has 3 heteroatoms. The van der Waals surface area contributed by atoms with Crippen molar-refractivity contribution in [2.24, 2.45) is 11.7 Å². The summed E-state index contributed by atoms with van der Waals surface area (Å²) in [5.74, 6) is 0.535. The first-order valence-corrected chi connectivity index (χ1v) is 3.79. The fraction of sp³-hybridized carbons (Fsp3) is 1.00. The zero-order valence-corrected chi connectivity index (χ0v) is 6.55. The second-order valence-electron chi connectivity index (χ2n) is 2.94. The predicted octanol–water partition coefficient (Wildman–Crippen LogP) is -0.477. The van der Waals surface area contributed by atoms with Crippen molar-refractivity contribution < 1.29 is 4.74 Å². The van der Waals surface area contributed by atoms with Gasteiger partial charge in [0.05, 0.1) is 13.2 Å². The van der Waals surface area contributed by atoms with Crippen LogP contribution >= 0.6 is 0 Å². The SMILES string of the molecule is CN1CCOC[C@H](CN)C1. The molecule has 1 aliphatic rings. The summed E-state index contributed by atoms with van der Waals surface area (Å²) in [5, 5.41) is 0. The van der Waals surface area contributed by atoms with E-state index in [0.717, 1.165) is 32.8 Å². The highest BCUT2D eigenvalue weighted by Crippen LogP contribution is 2.02. The smallest absolute Gasteiger partial charge is 0.0593 e. The Morgan fingerprint density at radius 2 is 2.50 bits per heavy atom. The molecule has 60 valence electrons. The van der Waals surface area contributed by atoms with Crippen LogP contribution in [-0.4, -0.2) is 44.8 Å². The molecule has 0 amide bonds. The van der Waals surface area contributed by atoms with Crippen molar-refractivity contribution in [1.82, 2.24) is 4.90 Å². The summed E-state index contributed by atoms with van der Waals surface area (Å²) in [4.78, 5) is 2.27. The minimum absolute atomic E-state index is 0.535. The van der Waals surface area contributed by atoms with Crippen LogP contribution in [0.3, 0.4) is 0 Å². The first-order chi connectivity index (χ1) is 4.83. The van der Waals surface area contributed by atoms with Crippen LogP contribution < -0.4 is 5.73 Å². The van der Waals surface area contributed by atoms with Crippen LogP contribution in [0, 0.1) is 5.92 Å². The van der Waals surface area contributed by atoms with Crippen molar-refractivity contribution in [3.63, 3.8) is 0 Å². The van der Waals surface area contributed by atoms with E-state index < -0.39 is 0 Å². The van der Waals surface area contributed by atoms with Gasteiger partial charge in [0, 0.05) is 19.0 Å². The Bertz CT molecular complexity index is 97.6. The quantitative estimate of drug-likeness (QED) is 0.540. The second kappa shape index (κ2) is 3.91. The highest BCUT2D eigenvalue weighted by atomic mass is 16.5. The monoisotopic (exact) mass is 144 g/mol. The molecule has 0 aromatic heterocycles. The van der Waals surface area contributed by atoms with Crippen LogP contribution in [0.15, 0.2) is 0 Å². The molecule has 1 fully saturated rings. The van der Waals surface area contributed by atoms with Gasteiger partial charge in [-0.15, -0.1) is 0 Å². The summed E-state index contributed by atoms with van der Waals surface area (Å²) in [6.45, 7) is 4.55. The molecule has 1 heterocycles. The fourth-order valence-electron chi connectivity index (χ4n) is 1.20. The standard InChI is InChI=1S/C7H16N2O/c1-9-2-3-10-6-7(4-8)5-9/h7H,2-6,8H2,1H3/t7-/m1/s1. The molecule has 0 aromatic carbocycles. The van der Waals surface area contributed by atoms with Crippen LogP contribution in [0.5, 0.6) is 0 Å². The van der Waals surface area contributed by atoms with E-state index in [4.69, 9.17) is 10.5 Å². The summed E-state index contributed by atoms with van der Waals surface area (Å²) in [6.07, 6.45) is 0. The molecule has 1 saturated heterocycles. The molecule has 10 heavy (non-hydrogen) atoms. The number of likely N-dealkylation sites (N-methyl/N-ethyl adjacent to an activating group) is 1. The third-order valence-electron chi connectivity index (χ3n) is 1.87. The minimum atomic E-state index is 0.535. The molecule has 0 aliphatic carbocycles. The molecule has 1 aliphatic heterocycles. The van der Waals surface area contributed by atoms with Gasteiger partial charge in [-0.2, -0.15) is 0 Å². The lowest BCUT2D eigenvalue weighted by Gasteiger charge is -2.16. The van der Waals surface area contributed by atoms with E-state index >= 15 is 0 Å². The minimum Gasteiger partial charge on any atom is -0.380 e. The van der Waals surface area contributed by atoms with Crippen molar-refractivity contribution in [1.29, 1.82) is 0 Å². The summed E-state index contributed by atoms with van der Waals surface area (Å²) < 4.78 is 5.35. The zero-order chi connectivity index (χ0) is 7.40. The van der Waals surface area contributed by atoms with Gasteiger partial charge in [0.25, 0.3) is 0 Å². The zero-order valence-electron chi connectivity index (χ0n) is 6.55. The normalized spacial score (nSPS) is 30.0. The maximum absolute atomic E-state index is 5.53. The van der Waals surface area contributed by atoms with Crippen molar-refractivity contribution >= 4 is 0 Å². The maximum Gasteiger partial charge on any atom is 0.0593 e. The van der Waals surface area contributed by atoms with Crippen LogP contribution in [0.1, 0.15) is 0 Å². The second-order valence-corrected chi connectivity index (χ2v) is 2.94. The molecule has 1 atom stereocenters. The molecule has 0 spiro atoms. The molecular weight excluding hydrogens is 128 g/mol. The average molecular weight is 144 g/mol. The molecule has 0 unspecified atom stereocenters. The van der Waals surface area contributed by atoms with E-state index in [1.165, 1.54) is 0 Å². The van der Waals surface area contributed by atoms with E-state index in [1.807, 2.05) is 0 Å². The van der Waals surface area contributed by atoms with Gasteiger partial charge in [-0.3, -0.25) is 0 Å². The number of nitrogens with two attached hydrogens (primary N) is 1. The Labute approximate surface area is 62.1 Å². The third kappa shape index (κ3) is 2.25. The first-order valence-electron chi connectivity index (χ1n) is 3.79. The molecule has 1 rings (SSSR count). The van der Waals surface area contributed by atoms with Gasteiger partial charge >= 0.3 is 0 Å². The summed E-state index contributed by atoms with van der Waals surface area (Å²) in [6, 6.07) is 0. The van der Waals surface area contributed by atoms with E-state index in [1.54, 1.807) is 0 Å². The molecule has 0 bridgehead atoms. The third-order valence-corrected chi connectivity index (χ3v) is 1.87. The molecular formula is C7H16N2O. The Morgan fingerprint density at radius 1 is 1.70 bits per heavy atom. The Hall–Kier alpha value is -0.120. The van der Waals surface area contributed by atoms with E-state index in [9.17, 15) is 0 Å². The Kier molecular flexibility index (Phi) is 3.12. The number of nitrogens with zero attached hydrogens (tertiary/aromatic N) is 1. The highest BCUT2D eigenvalue weighted by molar-refractivity contribution is 4.66. The number of ether oxygens (including phenoxy) is 1. The van der Waals surface area contributed by atoms with Crippen molar-refractivity contribution in [3.8, 4) is 0 Å². The van der Waals surface area contributed by atoms with Gasteiger partial charge in [-0.25, -0.2) is 0 Å². The molecule has 3 nitrogen and oxygen atoms in total. The average Bonchev–Trinajstić information content (AvgIpc) is 2.13. The van der Waals surface area contributed by atoms with Crippen molar-refractivity contribution in [2.45, 2.75) is 0 Å². The largest absolute Gasteiger partial charge is 0.380 e. The Morgan fingerprint density at radius 3 is 3.20 bits per heavy atom. The van der Waals surface area contributed by atoms with E-state index in [-0.39, 0.29) is 0 Å². The maximum atomic E-state index is 5.53. The highest BCUT2D eigenvalue weighted by Gasteiger charge is 2.13. The van der Waals surface area contributed by atoms with Gasteiger partial charge < -0.3 is 15.4 Å². The van der Waals surface area contributed by atoms with Crippen LogP contribution in [0.2, 0.25) is 0 Å². The molecule has 0 saturated carbocycles. The van der Waals surface area contributed by atoms with Gasteiger partial charge in [-0.05, 0) is 13.6 Å². The molecule has 0 aromatic rings. The van der Waals surface area contributed by atoms with Crippen molar-refractivity contribution in [3.05, 3.63) is 0 Å². The lowest BCUT2D eigenvalue weighted by molar-refractivity contribution is 0.124. The number of hydrogen-bond donors (Lipinski definition) is 1. The summed E-state index contributed by atoms with van der Waals surface area (Å²) in [7, 11) is 2.11. The van der Waals surface area contributed by atoms with Gasteiger partial charge in [0.15, 0.2) is 0 Å². The van der Waals surface area contributed by atoms with E-state index in [0.29, 0.717) is 5.92 Å². The van der Waals surface area contributed by atoms with Crippen LogP contribution in [0.25, 0.3) is 0 Å². The van der Waals surface area contributed by atoms with E-state index in [2.05, 4.69) is 11.9 Å². The lowest BCUT2D eigenvalue weighted by Crippen LogP contribution is -2.30. The van der Waals surface area contributed by atoms with Crippen molar-refractivity contribution in [2.75, 3.05) is 39.9 Å². The lowest BCUT2D eigenvalue weighted by atomic mass is 10.1. The summed E-state index contributed by atoms with van der Waals surface area (Å²) in [5.41, 5.74) is 5.53. The Balaban J connectivity index is 2.30. The summed E-state index contributed by atoms with van der Waals surface area (Å²) >= 11 is 0. The molecule has 2 N–H and O–H groups in total. The van der Waals surface area contributed by atoms with Gasteiger partial charge in [0.2, 0.25) is 0 Å². The van der Waals surface area contributed by atoms with Gasteiger partial charge in [0.1, 0.15) is 0 Å². The first kappa shape index (κ1) is 7.98. The topological polar surface area (TPSA) is 38.5 Å².